The van der Waals surface area contributed by atoms with Crippen LogP contribution in [0.1, 0.15) is 209 Å². The van der Waals surface area contributed by atoms with E-state index < -0.39 is 16.4 Å². The molecular formula is C36H74Na2O7S. The third-order valence-corrected chi connectivity index (χ3v) is 7.58. The molecule has 3 N–H and O–H groups in total. The second-order valence-corrected chi connectivity index (χ2v) is 13.0. The smallest absolute Gasteiger partial charge is 1.00 e. The van der Waals surface area contributed by atoms with E-state index in [0.29, 0.717) is 6.42 Å². The zero-order chi connectivity index (χ0) is 33.4. The molecule has 46 heavy (non-hydrogen) atoms. The molecule has 0 atom stereocenters. The molecule has 0 saturated heterocycles. The first-order valence-electron chi connectivity index (χ1n) is 18.2. The van der Waals surface area contributed by atoms with E-state index in [-0.39, 0.29) is 62.0 Å². The molecule has 0 radical (unpaired) electrons. The topological polar surface area (TPSA) is 129 Å². The Morgan fingerprint density at radius 2 is 0.739 bits per heavy atom. The van der Waals surface area contributed by atoms with Gasteiger partial charge in [0.05, 0.1) is 0 Å². The molecule has 0 bridgehead atoms. The summed E-state index contributed by atoms with van der Waals surface area (Å²) in [5.41, 5.74) is 0. The molecule has 0 aliphatic carbocycles. The van der Waals surface area contributed by atoms with Crippen molar-refractivity contribution in [2.24, 2.45) is 0 Å². The van der Waals surface area contributed by atoms with Gasteiger partial charge in [-0.3, -0.25) is 13.9 Å². The van der Waals surface area contributed by atoms with Crippen molar-refractivity contribution in [3.63, 3.8) is 0 Å². The minimum atomic E-state index is -4.67. The SMILES string of the molecule is CCCCCCCC/C=C\CCCCCCCC(=O)O.CCCCCCCCCCCCCCCCCC=O.O=S(=O)(O)O.[H-].[H-].[Na+].[Na+]. The van der Waals surface area contributed by atoms with E-state index >= 15 is 0 Å². The van der Waals surface area contributed by atoms with Crippen molar-refractivity contribution in [3.8, 4) is 0 Å². The summed E-state index contributed by atoms with van der Waals surface area (Å²) in [5, 5.41) is 8.51. The molecule has 0 fully saturated rings. The molecule has 0 unspecified atom stereocenters. The van der Waals surface area contributed by atoms with E-state index in [4.69, 9.17) is 22.6 Å². The number of carboxylic acid groups (broad SMARTS) is 1. The van der Waals surface area contributed by atoms with Crippen LogP contribution in [0, 0.1) is 0 Å². The fourth-order valence-corrected chi connectivity index (χ4v) is 4.95. The molecule has 0 spiro atoms. The van der Waals surface area contributed by atoms with Gasteiger partial charge in [-0.1, -0.05) is 167 Å². The molecule has 0 rings (SSSR count). The second kappa shape index (κ2) is 50.1. The fourth-order valence-electron chi connectivity index (χ4n) is 4.95. The van der Waals surface area contributed by atoms with Crippen molar-refractivity contribution in [2.75, 3.05) is 0 Å². The van der Waals surface area contributed by atoms with Crippen LogP contribution in [0.25, 0.3) is 0 Å². The van der Waals surface area contributed by atoms with Gasteiger partial charge < -0.3 is 12.8 Å². The van der Waals surface area contributed by atoms with Crippen LogP contribution in [0.15, 0.2) is 12.2 Å². The van der Waals surface area contributed by atoms with Gasteiger partial charge in [0.2, 0.25) is 0 Å². The number of aliphatic carboxylic acids is 1. The first-order chi connectivity index (χ1) is 21.2. The van der Waals surface area contributed by atoms with Crippen molar-refractivity contribution >= 4 is 22.7 Å². The molecule has 0 aromatic heterocycles. The van der Waals surface area contributed by atoms with Gasteiger partial charge in [0, 0.05) is 12.8 Å². The van der Waals surface area contributed by atoms with Gasteiger partial charge >= 0.3 is 75.5 Å². The van der Waals surface area contributed by atoms with Gasteiger partial charge in [-0.05, 0) is 38.5 Å². The number of aldehydes is 1. The Labute approximate surface area is 332 Å². The molecule has 0 saturated carbocycles. The minimum absolute atomic E-state index is 0. The van der Waals surface area contributed by atoms with Crippen LogP contribution in [0.2, 0.25) is 0 Å². The Kier molecular flexibility index (Phi) is 61.2. The molecule has 0 aliphatic rings. The van der Waals surface area contributed by atoms with Crippen LogP contribution in [-0.2, 0) is 20.0 Å². The largest absolute Gasteiger partial charge is 1.00 e. The number of unbranched alkanes of at least 4 members (excludes halogenated alkanes) is 26. The van der Waals surface area contributed by atoms with Crippen LogP contribution < -0.4 is 59.1 Å². The van der Waals surface area contributed by atoms with E-state index in [2.05, 4.69) is 26.0 Å². The molecule has 10 heteroatoms. The van der Waals surface area contributed by atoms with Crippen LogP contribution >= 0.6 is 0 Å². The van der Waals surface area contributed by atoms with Gasteiger partial charge in [-0.2, -0.15) is 8.42 Å². The number of carboxylic acids is 1. The summed E-state index contributed by atoms with van der Waals surface area (Å²) in [6.07, 6.45) is 43.8. The Morgan fingerprint density at radius 1 is 0.500 bits per heavy atom. The summed E-state index contributed by atoms with van der Waals surface area (Å²) >= 11 is 0. The van der Waals surface area contributed by atoms with E-state index in [1.54, 1.807) is 0 Å². The third-order valence-electron chi connectivity index (χ3n) is 7.58. The minimum Gasteiger partial charge on any atom is -1.00 e. The van der Waals surface area contributed by atoms with Crippen LogP contribution in [-0.4, -0.2) is 34.9 Å². The molecule has 268 valence electrons. The van der Waals surface area contributed by atoms with Gasteiger partial charge in [-0.15, -0.1) is 0 Å². The van der Waals surface area contributed by atoms with Crippen LogP contribution in [0.4, 0.5) is 0 Å². The predicted octanol–water partition coefficient (Wildman–Crippen LogP) is 6.14. The Balaban J connectivity index is -0.000000114. The predicted molar refractivity (Wildman–Crippen MR) is 189 cm³/mol. The summed E-state index contributed by atoms with van der Waals surface area (Å²) in [6.45, 7) is 4.54. The Hall–Kier alpha value is 0.750. The van der Waals surface area contributed by atoms with Crippen molar-refractivity contribution < 1.29 is 94.2 Å². The fraction of sp³-hybridized carbons (Fsp3) is 0.889. The monoisotopic (exact) mass is 696 g/mol. The number of allylic oxidation sites excluding steroid dienone is 2. The average Bonchev–Trinajstić information content (AvgIpc) is 2.96. The first-order valence-corrected chi connectivity index (χ1v) is 19.6. The second-order valence-electron chi connectivity index (χ2n) is 12.1. The van der Waals surface area contributed by atoms with Crippen molar-refractivity contribution in [1.29, 1.82) is 0 Å². The molecule has 0 aromatic carbocycles. The molecule has 0 amide bonds. The summed E-state index contributed by atoms with van der Waals surface area (Å²) in [6, 6.07) is 0. The number of carbonyl (C=O) groups is 2. The van der Waals surface area contributed by atoms with Crippen molar-refractivity contribution in [3.05, 3.63) is 12.2 Å². The van der Waals surface area contributed by atoms with Gasteiger partial charge in [0.25, 0.3) is 0 Å². The number of carbonyl (C=O) groups excluding carboxylic acids is 1. The maximum atomic E-state index is 10.3. The molecular weight excluding hydrogens is 622 g/mol. The summed E-state index contributed by atoms with van der Waals surface area (Å²) in [4.78, 5) is 20.5. The third kappa shape index (κ3) is 75.2. The molecule has 0 aliphatic heterocycles. The van der Waals surface area contributed by atoms with E-state index in [9.17, 15) is 9.59 Å². The van der Waals surface area contributed by atoms with Crippen LogP contribution in [0.3, 0.4) is 0 Å². The number of hydrogen-bond acceptors (Lipinski definition) is 4. The van der Waals surface area contributed by atoms with Crippen molar-refractivity contribution in [2.45, 2.75) is 206 Å². The standard InChI is InChI=1S/C18H34O2.C18H36O.2Na.H2O4S.2H/c1-2-3-4-5-6-7-8-9-10-11-12-13-14-15-16-17-18(19)20;1-2-3-4-5-6-7-8-9-10-11-12-13-14-15-16-17-18-19;;;1-5(2,3)4;;/h9-10H,2-8,11-17H2,1H3,(H,19,20);18H,2-17H2,1H3;;;(H2,1,2,3,4);;/q;;2*+1;;2*-1/b10-9-;;;;;;. The Bertz CT molecular complexity index is 708. The van der Waals surface area contributed by atoms with Crippen molar-refractivity contribution in [1.82, 2.24) is 0 Å². The van der Waals surface area contributed by atoms with E-state index in [1.165, 1.54) is 161 Å². The molecule has 0 aromatic rings. The van der Waals surface area contributed by atoms with Gasteiger partial charge in [0.1, 0.15) is 6.29 Å². The maximum Gasteiger partial charge on any atom is 1.00 e. The average molecular weight is 697 g/mol. The quantitative estimate of drug-likeness (QED) is 0.0261. The first kappa shape index (κ1) is 56.1. The number of rotatable bonds is 31. The molecule has 7 nitrogen and oxygen atoms in total. The number of hydrogen-bond donors (Lipinski definition) is 3. The summed E-state index contributed by atoms with van der Waals surface area (Å²) in [5.74, 6) is -0.664. The zero-order valence-corrected chi connectivity index (χ0v) is 35.6. The summed E-state index contributed by atoms with van der Waals surface area (Å²) < 4.78 is 31.6. The van der Waals surface area contributed by atoms with E-state index in [1.807, 2.05) is 0 Å². The zero-order valence-electron chi connectivity index (χ0n) is 32.8. The normalized spacial score (nSPS) is 10.6. The van der Waals surface area contributed by atoms with Crippen LogP contribution in [0.5, 0.6) is 0 Å². The Morgan fingerprint density at radius 3 is 1.00 bits per heavy atom. The summed E-state index contributed by atoms with van der Waals surface area (Å²) in [7, 11) is -4.67. The van der Waals surface area contributed by atoms with Gasteiger partial charge in [-0.25, -0.2) is 0 Å². The molecule has 0 heterocycles. The maximum absolute atomic E-state index is 10.3. The van der Waals surface area contributed by atoms with Gasteiger partial charge in [0.15, 0.2) is 0 Å². The van der Waals surface area contributed by atoms with E-state index in [0.717, 1.165) is 32.0 Å².